The van der Waals surface area contributed by atoms with Gasteiger partial charge in [-0.15, -0.1) is 0 Å². The molecule has 0 aliphatic carbocycles. The van der Waals surface area contributed by atoms with E-state index in [9.17, 15) is 4.79 Å². The maximum atomic E-state index is 12.2. The average molecular weight is 302 g/mol. The Morgan fingerprint density at radius 2 is 1.65 bits per heavy atom. The van der Waals surface area contributed by atoms with Gasteiger partial charge in [0.15, 0.2) is 0 Å². The first kappa shape index (κ1) is 15.0. The van der Waals surface area contributed by atoms with E-state index < -0.39 is 0 Å². The first-order valence-corrected chi connectivity index (χ1v) is 7.56. The van der Waals surface area contributed by atoms with Crippen LogP contribution in [-0.4, -0.2) is 10.9 Å². The molecule has 3 heteroatoms. The molecular formula is C20H18N2O. The molecule has 114 valence electrons. The smallest absolute Gasteiger partial charge is 0.255 e. The van der Waals surface area contributed by atoms with Crippen LogP contribution in [0.15, 0.2) is 73.1 Å². The van der Waals surface area contributed by atoms with E-state index in [-0.39, 0.29) is 5.91 Å². The first-order valence-electron chi connectivity index (χ1n) is 7.56. The molecule has 0 aliphatic heterocycles. The average Bonchev–Trinajstić information content (AvgIpc) is 2.57. The summed E-state index contributed by atoms with van der Waals surface area (Å²) in [7, 11) is 0. The Hall–Kier alpha value is -2.94. The topological polar surface area (TPSA) is 42.0 Å². The van der Waals surface area contributed by atoms with Crippen molar-refractivity contribution in [1.82, 2.24) is 4.98 Å². The predicted octanol–water partition coefficient (Wildman–Crippen LogP) is 4.23. The van der Waals surface area contributed by atoms with E-state index in [0.717, 1.165) is 17.7 Å². The molecule has 2 aromatic carbocycles. The minimum atomic E-state index is -0.0874. The molecule has 0 saturated heterocycles. The Bertz CT molecular complexity index is 795. The zero-order valence-electron chi connectivity index (χ0n) is 13.0. The number of rotatable bonds is 4. The van der Waals surface area contributed by atoms with Crippen LogP contribution in [0.4, 0.5) is 5.69 Å². The van der Waals surface area contributed by atoms with Gasteiger partial charge in [0.25, 0.3) is 5.91 Å². The van der Waals surface area contributed by atoms with Gasteiger partial charge in [0.1, 0.15) is 0 Å². The van der Waals surface area contributed by atoms with Crippen molar-refractivity contribution in [2.24, 2.45) is 0 Å². The van der Waals surface area contributed by atoms with Crippen molar-refractivity contribution in [2.75, 3.05) is 5.32 Å². The number of amides is 1. The number of aromatic nitrogens is 1. The summed E-state index contributed by atoms with van der Waals surface area (Å²) in [5, 5.41) is 2.93. The lowest BCUT2D eigenvalue weighted by Crippen LogP contribution is -2.11. The molecule has 3 nitrogen and oxygen atoms in total. The number of benzene rings is 2. The molecule has 0 radical (unpaired) electrons. The Morgan fingerprint density at radius 3 is 2.35 bits per heavy atom. The SMILES string of the molecule is Cc1cccc(C(=O)Nc2ccc(Cc3ccncc3)cc2)c1. The normalized spacial score (nSPS) is 10.3. The van der Waals surface area contributed by atoms with E-state index in [1.54, 1.807) is 12.4 Å². The zero-order chi connectivity index (χ0) is 16.1. The van der Waals surface area contributed by atoms with Gasteiger partial charge in [-0.3, -0.25) is 9.78 Å². The van der Waals surface area contributed by atoms with Gasteiger partial charge < -0.3 is 5.32 Å². The molecule has 1 N–H and O–H groups in total. The van der Waals surface area contributed by atoms with Crippen LogP contribution in [0, 0.1) is 6.92 Å². The van der Waals surface area contributed by atoms with E-state index in [1.165, 1.54) is 11.1 Å². The maximum Gasteiger partial charge on any atom is 0.255 e. The van der Waals surface area contributed by atoms with E-state index in [4.69, 9.17) is 0 Å². The van der Waals surface area contributed by atoms with Crippen LogP contribution in [0.3, 0.4) is 0 Å². The number of nitrogens with one attached hydrogen (secondary N) is 1. The highest BCUT2D eigenvalue weighted by molar-refractivity contribution is 6.04. The Balaban J connectivity index is 1.67. The number of nitrogens with zero attached hydrogens (tertiary/aromatic N) is 1. The number of anilines is 1. The number of hydrogen-bond donors (Lipinski definition) is 1. The molecule has 0 atom stereocenters. The highest BCUT2D eigenvalue weighted by atomic mass is 16.1. The summed E-state index contributed by atoms with van der Waals surface area (Å²) in [6.45, 7) is 1.98. The molecule has 23 heavy (non-hydrogen) atoms. The van der Waals surface area contributed by atoms with Gasteiger partial charge in [0.2, 0.25) is 0 Å². The number of pyridine rings is 1. The van der Waals surface area contributed by atoms with Gasteiger partial charge in [-0.2, -0.15) is 0 Å². The second kappa shape index (κ2) is 6.88. The Kier molecular flexibility index (Phi) is 4.48. The van der Waals surface area contributed by atoms with Crippen LogP contribution in [0.5, 0.6) is 0 Å². The maximum absolute atomic E-state index is 12.2. The summed E-state index contributed by atoms with van der Waals surface area (Å²) in [6, 6.07) is 19.5. The second-order valence-electron chi connectivity index (χ2n) is 5.55. The van der Waals surface area contributed by atoms with Crippen LogP contribution in [0.2, 0.25) is 0 Å². The van der Waals surface area contributed by atoms with Crippen LogP contribution in [-0.2, 0) is 6.42 Å². The van der Waals surface area contributed by atoms with Gasteiger partial charge in [-0.05, 0) is 60.9 Å². The quantitative estimate of drug-likeness (QED) is 0.783. The molecule has 1 heterocycles. The standard InChI is InChI=1S/C20H18N2O/c1-15-3-2-4-18(13-15)20(23)22-19-7-5-16(6-8-19)14-17-9-11-21-12-10-17/h2-13H,14H2,1H3,(H,22,23). The number of carbonyl (C=O) groups excluding carboxylic acids is 1. The lowest BCUT2D eigenvalue weighted by molar-refractivity contribution is 0.102. The fourth-order valence-electron chi connectivity index (χ4n) is 2.43. The highest BCUT2D eigenvalue weighted by Crippen LogP contribution is 2.14. The molecule has 1 amide bonds. The van der Waals surface area contributed by atoms with E-state index in [2.05, 4.69) is 10.3 Å². The number of carbonyl (C=O) groups is 1. The van der Waals surface area contributed by atoms with Crippen LogP contribution >= 0.6 is 0 Å². The van der Waals surface area contributed by atoms with Crippen LogP contribution in [0.1, 0.15) is 27.0 Å². The largest absolute Gasteiger partial charge is 0.322 e. The third-order valence-corrected chi connectivity index (χ3v) is 3.65. The number of hydrogen-bond acceptors (Lipinski definition) is 2. The summed E-state index contributed by atoms with van der Waals surface area (Å²) >= 11 is 0. The van der Waals surface area contributed by atoms with Crippen molar-refractivity contribution < 1.29 is 4.79 Å². The second-order valence-corrected chi connectivity index (χ2v) is 5.55. The van der Waals surface area contributed by atoms with E-state index >= 15 is 0 Å². The molecule has 0 bridgehead atoms. The van der Waals surface area contributed by atoms with Gasteiger partial charge in [0, 0.05) is 23.6 Å². The minimum absolute atomic E-state index is 0.0874. The number of aryl methyl sites for hydroxylation is 1. The van der Waals surface area contributed by atoms with Crippen LogP contribution in [0.25, 0.3) is 0 Å². The lowest BCUT2D eigenvalue weighted by atomic mass is 10.1. The molecule has 3 aromatic rings. The minimum Gasteiger partial charge on any atom is -0.322 e. The van der Waals surface area contributed by atoms with Gasteiger partial charge in [0.05, 0.1) is 0 Å². The summed E-state index contributed by atoms with van der Waals surface area (Å²) in [5.41, 5.74) is 4.97. The van der Waals surface area contributed by atoms with Gasteiger partial charge in [-0.1, -0.05) is 29.8 Å². The summed E-state index contributed by atoms with van der Waals surface area (Å²) in [6.07, 6.45) is 4.45. The van der Waals surface area contributed by atoms with Crippen molar-refractivity contribution in [3.05, 3.63) is 95.3 Å². The van der Waals surface area contributed by atoms with Crippen molar-refractivity contribution in [2.45, 2.75) is 13.3 Å². The van der Waals surface area contributed by atoms with Crippen molar-refractivity contribution in [3.63, 3.8) is 0 Å². The molecule has 1 aromatic heterocycles. The molecule has 3 rings (SSSR count). The van der Waals surface area contributed by atoms with E-state index in [0.29, 0.717) is 5.56 Å². The van der Waals surface area contributed by atoms with Gasteiger partial charge in [-0.25, -0.2) is 0 Å². The predicted molar refractivity (Wildman–Crippen MR) is 92.6 cm³/mol. The molecule has 0 aliphatic rings. The summed E-state index contributed by atoms with van der Waals surface area (Å²) < 4.78 is 0. The van der Waals surface area contributed by atoms with E-state index in [1.807, 2.05) is 67.6 Å². The molecular weight excluding hydrogens is 284 g/mol. The molecule has 0 spiro atoms. The van der Waals surface area contributed by atoms with Crippen molar-refractivity contribution in [1.29, 1.82) is 0 Å². The third kappa shape index (κ3) is 4.04. The Labute approximate surface area is 136 Å². The highest BCUT2D eigenvalue weighted by Gasteiger charge is 2.06. The first-order chi connectivity index (χ1) is 11.2. The fourth-order valence-corrected chi connectivity index (χ4v) is 2.43. The zero-order valence-corrected chi connectivity index (χ0v) is 13.0. The lowest BCUT2D eigenvalue weighted by Gasteiger charge is -2.07. The fraction of sp³-hybridized carbons (Fsp3) is 0.100. The summed E-state index contributed by atoms with van der Waals surface area (Å²) in [5.74, 6) is -0.0874. The van der Waals surface area contributed by atoms with Crippen LogP contribution < -0.4 is 5.32 Å². The monoisotopic (exact) mass is 302 g/mol. The van der Waals surface area contributed by atoms with Crippen molar-refractivity contribution in [3.8, 4) is 0 Å². The Morgan fingerprint density at radius 1 is 0.957 bits per heavy atom. The molecule has 0 saturated carbocycles. The van der Waals surface area contributed by atoms with Crippen molar-refractivity contribution >= 4 is 11.6 Å². The third-order valence-electron chi connectivity index (χ3n) is 3.65. The van der Waals surface area contributed by atoms with Gasteiger partial charge >= 0.3 is 0 Å². The summed E-state index contributed by atoms with van der Waals surface area (Å²) in [4.78, 5) is 16.2. The molecule has 0 unspecified atom stereocenters. The molecule has 0 fully saturated rings.